The quantitative estimate of drug-likeness (QED) is 0.504. The molecule has 0 bridgehead atoms. The molecule has 0 unspecified atom stereocenters. The molecule has 0 amide bonds. The normalized spacial score (nSPS) is 20.5. The molecule has 4 heteroatoms. The van der Waals surface area contributed by atoms with Crippen LogP contribution in [0, 0.1) is 5.41 Å². The lowest BCUT2D eigenvalue weighted by Crippen LogP contribution is -2.39. The van der Waals surface area contributed by atoms with E-state index in [-0.39, 0.29) is 12.3 Å². The van der Waals surface area contributed by atoms with Crippen molar-refractivity contribution in [2.45, 2.75) is 32.1 Å². The van der Waals surface area contributed by atoms with Crippen LogP contribution >= 0.6 is 0 Å². The van der Waals surface area contributed by atoms with E-state index in [0.717, 1.165) is 13.1 Å². The lowest BCUT2D eigenvalue weighted by molar-refractivity contribution is 0.208. The van der Waals surface area contributed by atoms with Crippen LogP contribution in [0.2, 0.25) is 0 Å². The summed E-state index contributed by atoms with van der Waals surface area (Å²) < 4.78 is 0. The van der Waals surface area contributed by atoms with Crippen LogP contribution in [0.25, 0.3) is 0 Å². The largest absolute Gasteiger partial charge is 0.344 e. The summed E-state index contributed by atoms with van der Waals surface area (Å²) in [5.74, 6) is 0. The van der Waals surface area contributed by atoms with E-state index >= 15 is 0 Å². The van der Waals surface area contributed by atoms with Crippen molar-refractivity contribution in [3.05, 3.63) is 0 Å². The molecule has 0 aromatic heterocycles. The van der Waals surface area contributed by atoms with Crippen LogP contribution in [0.1, 0.15) is 32.1 Å². The van der Waals surface area contributed by atoms with Crippen molar-refractivity contribution in [2.75, 3.05) is 13.1 Å². The van der Waals surface area contributed by atoms with Gasteiger partial charge in [-0.1, -0.05) is 19.3 Å². The number of hydrogen-bond acceptors (Lipinski definition) is 4. The van der Waals surface area contributed by atoms with Crippen LogP contribution in [0.3, 0.4) is 0 Å². The number of rotatable bonds is 2. The highest BCUT2D eigenvalue weighted by Crippen LogP contribution is 2.33. The molecule has 0 aliphatic heterocycles. The summed E-state index contributed by atoms with van der Waals surface area (Å²) >= 11 is 0. The average Bonchev–Trinajstić information content (AvgIpc) is 2.06. The van der Waals surface area contributed by atoms with Gasteiger partial charge >= 0.3 is 0 Å². The summed E-state index contributed by atoms with van der Waals surface area (Å²) in [6.07, 6.45) is 6.53. The molecule has 0 aromatic carbocycles. The summed E-state index contributed by atoms with van der Waals surface area (Å²) in [6.45, 7) is 1.56. The summed E-state index contributed by atoms with van der Waals surface area (Å²) in [5, 5.41) is 0. The molecule has 0 spiro atoms. The highest BCUT2D eigenvalue weighted by Gasteiger charge is 2.28. The van der Waals surface area contributed by atoms with E-state index in [1.165, 1.54) is 32.1 Å². The van der Waals surface area contributed by atoms with Gasteiger partial charge in [0.2, 0.25) is 0 Å². The maximum absolute atomic E-state index is 5.67. The third-order valence-corrected chi connectivity index (χ3v) is 2.78. The Kier molecular flexibility index (Phi) is 7.62. The van der Waals surface area contributed by atoms with Gasteiger partial charge in [0.05, 0.1) is 0 Å². The van der Waals surface area contributed by atoms with Gasteiger partial charge in [0, 0.05) is 0 Å². The molecule has 12 heavy (non-hydrogen) atoms. The third-order valence-electron chi connectivity index (χ3n) is 2.78. The first-order valence-electron chi connectivity index (χ1n) is 4.23. The number of hydrogen-bond donors (Lipinski definition) is 4. The summed E-state index contributed by atoms with van der Waals surface area (Å²) in [4.78, 5) is 0. The second kappa shape index (κ2) is 6.37. The van der Waals surface area contributed by atoms with E-state index in [1.54, 1.807) is 0 Å². The predicted molar refractivity (Wildman–Crippen MR) is 53.7 cm³/mol. The molecule has 0 saturated heterocycles. The maximum Gasteiger partial charge on any atom is -0.000844 e. The van der Waals surface area contributed by atoms with Gasteiger partial charge in [0.25, 0.3) is 0 Å². The Morgan fingerprint density at radius 1 is 0.833 bits per heavy atom. The number of nitrogens with two attached hydrogens (primary N) is 2. The van der Waals surface area contributed by atoms with Crippen LogP contribution < -0.4 is 23.8 Å². The van der Waals surface area contributed by atoms with Crippen molar-refractivity contribution >= 4 is 0 Å². The van der Waals surface area contributed by atoms with E-state index in [2.05, 4.69) is 0 Å². The fourth-order valence-electron chi connectivity index (χ4n) is 1.79. The van der Waals surface area contributed by atoms with Crippen LogP contribution in [0.5, 0.6) is 0 Å². The third kappa shape index (κ3) is 3.06. The Hall–Kier alpha value is -0.160. The molecule has 1 rings (SSSR count). The first-order valence-corrected chi connectivity index (χ1v) is 4.23. The highest BCUT2D eigenvalue weighted by molar-refractivity contribution is 4.84. The zero-order valence-corrected chi connectivity index (χ0v) is 8.02. The second-order valence-electron chi connectivity index (χ2n) is 3.47. The van der Waals surface area contributed by atoms with Gasteiger partial charge in [-0.05, 0) is 31.3 Å². The molecular weight excluding hydrogens is 152 g/mol. The van der Waals surface area contributed by atoms with Crippen molar-refractivity contribution in [1.29, 1.82) is 0 Å². The molecule has 0 heterocycles. The molecular formula is C8H24N4. The van der Waals surface area contributed by atoms with Crippen molar-refractivity contribution < 1.29 is 0 Å². The Balaban J connectivity index is 0. The molecule has 1 fully saturated rings. The average molecular weight is 176 g/mol. The molecule has 10 N–H and O–H groups in total. The van der Waals surface area contributed by atoms with E-state index in [4.69, 9.17) is 11.5 Å². The monoisotopic (exact) mass is 176 g/mol. The van der Waals surface area contributed by atoms with Crippen LogP contribution in [-0.2, 0) is 0 Å². The van der Waals surface area contributed by atoms with Gasteiger partial charge < -0.3 is 23.8 Å². The van der Waals surface area contributed by atoms with Gasteiger partial charge in [-0.25, -0.2) is 0 Å². The molecule has 4 nitrogen and oxygen atoms in total. The van der Waals surface area contributed by atoms with E-state index in [1.807, 2.05) is 0 Å². The predicted octanol–water partition coefficient (Wildman–Crippen LogP) is 1.18. The molecule has 1 aliphatic carbocycles. The minimum absolute atomic E-state index is 0. The van der Waals surface area contributed by atoms with Crippen LogP contribution in [0.4, 0.5) is 0 Å². The van der Waals surface area contributed by atoms with Gasteiger partial charge in [0.15, 0.2) is 0 Å². The Bertz CT molecular complexity index is 93.2. The highest BCUT2D eigenvalue weighted by atomic mass is 14.7. The Morgan fingerprint density at radius 3 is 1.50 bits per heavy atom. The van der Waals surface area contributed by atoms with Crippen molar-refractivity contribution in [1.82, 2.24) is 12.3 Å². The first kappa shape index (κ1) is 14.4. The van der Waals surface area contributed by atoms with E-state index in [0.29, 0.717) is 5.41 Å². The van der Waals surface area contributed by atoms with Crippen LogP contribution in [-0.4, -0.2) is 13.1 Å². The zero-order chi connectivity index (χ0) is 7.45. The molecule has 1 aliphatic rings. The van der Waals surface area contributed by atoms with Crippen molar-refractivity contribution in [3.63, 3.8) is 0 Å². The summed E-state index contributed by atoms with van der Waals surface area (Å²) in [7, 11) is 0. The Labute approximate surface area is 75.2 Å². The summed E-state index contributed by atoms with van der Waals surface area (Å²) in [6, 6.07) is 0. The fourth-order valence-corrected chi connectivity index (χ4v) is 1.79. The maximum atomic E-state index is 5.67. The summed E-state index contributed by atoms with van der Waals surface area (Å²) in [5.41, 5.74) is 11.7. The molecule has 0 radical (unpaired) electrons. The van der Waals surface area contributed by atoms with Crippen LogP contribution in [0.15, 0.2) is 0 Å². The Morgan fingerprint density at radius 2 is 1.25 bits per heavy atom. The molecule has 0 aromatic rings. The topological polar surface area (TPSA) is 122 Å². The fraction of sp³-hybridized carbons (Fsp3) is 1.00. The lowest BCUT2D eigenvalue weighted by atomic mass is 9.74. The standard InChI is InChI=1S/C8H18N2.2H3N/c9-6-8(7-10)4-2-1-3-5-8;;/h1-7,9-10H2;2*1H3. The minimum atomic E-state index is 0. The van der Waals surface area contributed by atoms with Crippen molar-refractivity contribution in [2.24, 2.45) is 16.9 Å². The zero-order valence-electron chi connectivity index (χ0n) is 8.02. The minimum Gasteiger partial charge on any atom is -0.344 e. The molecule has 76 valence electrons. The molecule has 0 atom stereocenters. The second-order valence-corrected chi connectivity index (χ2v) is 3.47. The SMILES string of the molecule is N.N.NCC1(CN)CCCCC1. The van der Waals surface area contributed by atoms with E-state index in [9.17, 15) is 0 Å². The van der Waals surface area contributed by atoms with Gasteiger partial charge in [-0.3, -0.25) is 0 Å². The van der Waals surface area contributed by atoms with Gasteiger partial charge in [-0.2, -0.15) is 0 Å². The van der Waals surface area contributed by atoms with E-state index < -0.39 is 0 Å². The molecule has 1 saturated carbocycles. The van der Waals surface area contributed by atoms with Gasteiger partial charge in [0.1, 0.15) is 0 Å². The smallest absolute Gasteiger partial charge is 0.000844 e. The lowest BCUT2D eigenvalue weighted by Gasteiger charge is -2.34. The van der Waals surface area contributed by atoms with Gasteiger partial charge in [-0.15, -0.1) is 0 Å². The first-order chi connectivity index (χ1) is 4.83. The van der Waals surface area contributed by atoms with Crippen molar-refractivity contribution in [3.8, 4) is 0 Å².